The minimum absolute atomic E-state index is 0.0921. The molecule has 0 aliphatic heterocycles. The summed E-state index contributed by atoms with van der Waals surface area (Å²) in [7, 11) is -2.43. The molecule has 0 radical (unpaired) electrons. The van der Waals surface area contributed by atoms with E-state index in [0.29, 0.717) is 5.75 Å². The van der Waals surface area contributed by atoms with Gasteiger partial charge in [-0.1, -0.05) is 79.7 Å². The van der Waals surface area contributed by atoms with Crippen LogP contribution in [-0.2, 0) is 32.6 Å². The van der Waals surface area contributed by atoms with Crippen molar-refractivity contribution in [2.75, 3.05) is 24.2 Å². The molecule has 1 N–H and O–H groups in total. The van der Waals surface area contributed by atoms with Crippen LogP contribution in [-0.4, -0.2) is 57.1 Å². The maximum atomic E-state index is 14.1. The van der Waals surface area contributed by atoms with Crippen LogP contribution in [0.2, 0.25) is 0 Å². The molecule has 0 aliphatic carbocycles. The van der Waals surface area contributed by atoms with Crippen molar-refractivity contribution in [3.8, 4) is 5.75 Å². The number of nitrogens with one attached hydrogen (secondary N) is 1. The first kappa shape index (κ1) is 29.7. The molecule has 3 aromatic carbocycles. The first-order valence-electron chi connectivity index (χ1n) is 12.9. The largest absolute Gasteiger partial charge is 0.495 e. The van der Waals surface area contributed by atoms with Crippen LogP contribution in [0.15, 0.2) is 84.9 Å². The number of rotatable bonds is 13. The van der Waals surface area contributed by atoms with E-state index in [1.807, 2.05) is 74.5 Å². The Morgan fingerprint density at radius 2 is 1.46 bits per heavy atom. The zero-order valence-corrected chi connectivity index (χ0v) is 23.7. The minimum atomic E-state index is -3.87. The second kappa shape index (κ2) is 13.8. The van der Waals surface area contributed by atoms with E-state index in [9.17, 15) is 18.0 Å². The number of anilines is 1. The number of carbonyl (C=O) groups is 2. The van der Waals surface area contributed by atoms with Gasteiger partial charge in [-0.3, -0.25) is 13.9 Å². The second-order valence-electron chi connectivity index (χ2n) is 9.47. The summed E-state index contributed by atoms with van der Waals surface area (Å²) in [6, 6.07) is 24.5. The molecule has 0 bridgehead atoms. The fourth-order valence-electron chi connectivity index (χ4n) is 4.21. The van der Waals surface area contributed by atoms with E-state index in [4.69, 9.17) is 4.74 Å². The number of hydrogen-bond donors (Lipinski definition) is 1. The Kier molecular flexibility index (Phi) is 10.5. The average molecular weight is 552 g/mol. The third-order valence-electron chi connectivity index (χ3n) is 6.50. The molecule has 3 aromatic rings. The molecule has 2 amide bonds. The molecule has 0 fully saturated rings. The smallest absolute Gasteiger partial charge is 0.244 e. The number of sulfonamides is 1. The summed E-state index contributed by atoms with van der Waals surface area (Å²) in [4.78, 5) is 29.2. The van der Waals surface area contributed by atoms with Gasteiger partial charge < -0.3 is 15.0 Å². The van der Waals surface area contributed by atoms with Crippen molar-refractivity contribution < 1.29 is 22.7 Å². The number of para-hydroxylation sites is 2. The predicted octanol–water partition coefficient (Wildman–Crippen LogP) is 4.02. The summed E-state index contributed by atoms with van der Waals surface area (Å²) in [5.41, 5.74) is 1.96. The molecule has 8 nitrogen and oxygen atoms in total. The Hall–Kier alpha value is -3.85. The van der Waals surface area contributed by atoms with Gasteiger partial charge in [-0.05, 0) is 36.6 Å². The molecule has 208 valence electrons. The summed E-state index contributed by atoms with van der Waals surface area (Å²) in [5, 5.41) is 3.02. The quantitative estimate of drug-likeness (QED) is 0.346. The SMILES string of the molecule is CC[C@H](C)NC(=O)[C@@H](Cc1ccccc1)N(Cc1ccccc1)C(=O)CN(c1ccccc1OC)S(C)(=O)=O. The van der Waals surface area contributed by atoms with Gasteiger partial charge in [0.1, 0.15) is 18.3 Å². The maximum absolute atomic E-state index is 14.1. The van der Waals surface area contributed by atoms with Gasteiger partial charge in [0.25, 0.3) is 0 Å². The van der Waals surface area contributed by atoms with Crippen LogP contribution in [0.4, 0.5) is 5.69 Å². The molecule has 0 saturated carbocycles. The number of carbonyl (C=O) groups excluding carboxylic acids is 2. The highest BCUT2D eigenvalue weighted by molar-refractivity contribution is 7.92. The highest BCUT2D eigenvalue weighted by Crippen LogP contribution is 2.30. The van der Waals surface area contributed by atoms with Gasteiger partial charge in [0, 0.05) is 19.0 Å². The van der Waals surface area contributed by atoms with Crippen molar-refractivity contribution in [3.05, 3.63) is 96.1 Å². The average Bonchev–Trinajstić information content (AvgIpc) is 2.93. The van der Waals surface area contributed by atoms with E-state index in [0.717, 1.165) is 28.1 Å². The molecular weight excluding hydrogens is 514 g/mol. The summed E-state index contributed by atoms with van der Waals surface area (Å²) in [6.07, 6.45) is 2.05. The first-order valence-corrected chi connectivity index (χ1v) is 14.8. The summed E-state index contributed by atoms with van der Waals surface area (Å²) in [5.74, 6) is -0.475. The van der Waals surface area contributed by atoms with Crippen LogP contribution in [0.5, 0.6) is 5.75 Å². The van der Waals surface area contributed by atoms with Crippen LogP contribution in [0.25, 0.3) is 0 Å². The van der Waals surface area contributed by atoms with Gasteiger partial charge in [-0.2, -0.15) is 0 Å². The standard InChI is InChI=1S/C30H37N3O5S/c1-5-23(2)31-30(35)27(20-24-14-8-6-9-15-24)32(21-25-16-10-7-11-17-25)29(34)22-33(39(4,36)37)26-18-12-13-19-28(26)38-3/h6-19,23,27H,5,20-22H2,1-4H3,(H,31,35)/t23-,27+/m0/s1. The maximum Gasteiger partial charge on any atom is 0.244 e. The Bertz CT molecular complexity index is 1330. The van der Waals surface area contributed by atoms with E-state index in [-0.39, 0.29) is 30.6 Å². The van der Waals surface area contributed by atoms with Gasteiger partial charge in [-0.15, -0.1) is 0 Å². The zero-order chi connectivity index (χ0) is 28.4. The fraction of sp³-hybridized carbons (Fsp3) is 0.333. The molecule has 39 heavy (non-hydrogen) atoms. The van der Waals surface area contributed by atoms with Crippen molar-refractivity contribution in [3.63, 3.8) is 0 Å². The number of hydrogen-bond acceptors (Lipinski definition) is 5. The first-order chi connectivity index (χ1) is 18.6. The number of ether oxygens (including phenoxy) is 1. The van der Waals surface area contributed by atoms with Crippen LogP contribution < -0.4 is 14.4 Å². The Labute approximate surface area is 231 Å². The van der Waals surface area contributed by atoms with E-state index >= 15 is 0 Å². The van der Waals surface area contributed by atoms with Gasteiger partial charge in [0.15, 0.2) is 0 Å². The van der Waals surface area contributed by atoms with E-state index in [2.05, 4.69) is 5.32 Å². The molecule has 0 aliphatic rings. The van der Waals surface area contributed by atoms with Crippen molar-refractivity contribution in [2.24, 2.45) is 0 Å². The van der Waals surface area contributed by atoms with Crippen molar-refractivity contribution in [2.45, 2.75) is 45.3 Å². The minimum Gasteiger partial charge on any atom is -0.495 e. The number of benzene rings is 3. The number of methoxy groups -OCH3 is 1. The Morgan fingerprint density at radius 1 is 0.897 bits per heavy atom. The molecule has 2 atom stereocenters. The molecule has 3 rings (SSSR count). The lowest BCUT2D eigenvalue weighted by Crippen LogP contribution is -2.54. The van der Waals surface area contributed by atoms with E-state index in [1.54, 1.807) is 24.3 Å². The summed E-state index contributed by atoms with van der Waals surface area (Å²) < 4.78 is 32.2. The second-order valence-corrected chi connectivity index (χ2v) is 11.4. The van der Waals surface area contributed by atoms with Gasteiger partial charge in [0.05, 0.1) is 19.1 Å². The van der Waals surface area contributed by atoms with E-state index < -0.39 is 28.5 Å². The van der Waals surface area contributed by atoms with Crippen LogP contribution in [0.1, 0.15) is 31.4 Å². The third-order valence-corrected chi connectivity index (χ3v) is 7.63. The lowest BCUT2D eigenvalue weighted by molar-refractivity contribution is -0.140. The fourth-order valence-corrected chi connectivity index (χ4v) is 5.06. The molecule has 0 aromatic heterocycles. The predicted molar refractivity (Wildman–Crippen MR) is 154 cm³/mol. The van der Waals surface area contributed by atoms with Crippen molar-refractivity contribution >= 4 is 27.5 Å². The van der Waals surface area contributed by atoms with Crippen LogP contribution in [0.3, 0.4) is 0 Å². The number of nitrogens with zero attached hydrogens (tertiary/aromatic N) is 2. The summed E-state index contributed by atoms with van der Waals surface area (Å²) >= 11 is 0. The van der Waals surface area contributed by atoms with Crippen molar-refractivity contribution in [1.29, 1.82) is 0 Å². The van der Waals surface area contributed by atoms with Crippen LogP contribution in [0, 0.1) is 0 Å². The molecule has 0 unspecified atom stereocenters. The summed E-state index contributed by atoms with van der Waals surface area (Å²) in [6.45, 7) is 3.53. The van der Waals surface area contributed by atoms with Gasteiger partial charge >= 0.3 is 0 Å². The molecular formula is C30H37N3O5S. The monoisotopic (exact) mass is 551 g/mol. The zero-order valence-electron chi connectivity index (χ0n) is 22.9. The molecule has 0 heterocycles. The molecule has 9 heteroatoms. The highest BCUT2D eigenvalue weighted by atomic mass is 32.2. The third kappa shape index (κ3) is 8.32. The molecule has 0 spiro atoms. The Morgan fingerprint density at radius 3 is 2.03 bits per heavy atom. The Balaban J connectivity index is 2.06. The lowest BCUT2D eigenvalue weighted by Gasteiger charge is -2.34. The molecule has 0 saturated heterocycles. The van der Waals surface area contributed by atoms with Gasteiger partial charge in [0.2, 0.25) is 21.8 Å². The topological polar surface area (TPSA) is 96.0 Å². The van der Waals surface area contributed by atoms with Crippen molar-refractivity contribution in [1.82, 2.24) is 10.2 Å². The lowest BCUT2D eigenvalue weighted by atomic mass is 10.0. The normalized spacial score (nSPS) is 12.7. The number of amides is 2. The van der Waals surface area contributed by atoms with E-state index in [1.165, 1.54) is 12.0 Å². The van der Waals surface area contributed by atoms with Gasteiger partial charge in [-0.25, -0.2) is 8.42 Å². The van der Waals surface area contributed by atoms with Crippen LogP contribution >= 0.6 is 0 Å². The highest BCUT2D eigenvalue weighted by Gasteiger charge is 2.34.